The van der Waals surface area contributed by atoms with Gasteiger partial charge in [-0.15, -0.1) is 0 Å². The van der Waals surface area contributed by atoms with E-state index < -0.39 is 36.5 Å². The Balaban J connectivity index is 2.48. The average Bonchev–Trinajstić information content (AvgIpc) is 2.79. The van der Waals surface area contributed by atoms with Gasteiger partial charge in [0.1, 0.15) is 23.6 Å². The first-order valence-corrected chi connectivity index (χ1v) is 6.09. The van der Waals surface area contributed by atoms with Crippen LogP contribution in [0.1, 0.15) is 38.2 Å². The van der Waals surface area contributed by atoms with Crippen LogP contribution in [0.25, 0.3) is 0 Å². The maximum atomic E-state index is 12.8. The summed E-state index contributed by atoms with van der Waals surface area (Å²) in [5, 5.41) is 30.6. The van der Waals surface area contributed by atoms with Crippen molar-refractivity contribution in [1.82, 2.24) is 10.3 Å². The highest BCUT2D eigenvalue weighted by molar-refractivity contribution is 5.99. The summed E-state index contributed by atoms with van der Waals surface area (Å²) in [6, 6.07) is -1.44. The molecule has 2 heterocycles. The van der Waals surface area contributed by atoms with E-state index in [-0.39, 0.29) is 22.5 Å². The van der Waals surface area contributed by atoms with Gasteiger partial charge in [0, 0.05) is 5.56 Å². The summed E-state index contributed by atoms with van der Waals surface area (Å²) < 4.78 is 17.4. The first-order chi connectivity index (χ1) is 9.79. The molecule has 1 aromatic heterocycles. The van der Waals surface area contributed by atoms with Crippen molar-refractivity contribution < 1.29 is 34.0 Å². The highest BCUT2D eigenvalue weighted by Gasteiger charge is 2.42. The molecule has 8 nitrogen and oxygen atoms in total. The molecule has 0 saturated carbocycles. The van der Waals surface area contributed by atoms with Crippen LogP contribution >= 0.6 is 0 Å². The molecule has 1 aromatic rings. The number of ether oxygens (including phenoxy) is 1. The van der Waals surface area contributed by atoms with Crippen molar-refractivity contribution in [3.8, 4) is 0 Å². The number of aliphatic hydroxyl groups excluding tert-OH is 3. The molecule has 0 spiro atoms. The van der Waals surface area contributed by atoms with Gasteiger partial charge in [-0.25, -0.2) is 9.18 Å². The minimum Gasteiger partial charge on any atom is -0.464 e. The molecule has 2 rings (SSSR count). The first-order valence-electron chi connectivity index (χ1n) is 6.09. The Morgan fingerprint density at radius 1 is 1.43 bits per heavy atom. The Hall–Kier alpha value is -1.97. The molecule has 0 saturated heterocycles. The molecule has 4 unspecified atom stereocenters. The third kappa shape index (κ3) is 2.39. The molecule has 21 heavy (non-hydrogen) atoms. The van der Waals surface area contributed by atoms with Gasteiger partial charge in [-0.3, -0.25) is 4.79 Å². The van der Waals surface area contributed by atoms with Crippen LogP contribution < -0.4 is 5.32 Å². The smallest absolute Gasteiger partial charge is 0.354 e. The second kappa shape index (κ2) is 5.43. The van der Waals surface area contributed by atoms with Gasteiger partial charge in [0.15, 0.2) is 0 Å². The molecule has 0 aliphatic carbocycles. The summed E-state index contributed by atoms with van der Waals surface area (Å²) >= 11 is 0. The van der Waals surface area contributed by atoms with Gasteiger partial charge in [-0.2, -0.15) is 0 Å². The van der Waals surface area contributed by atoms with E-state index in [2.05, 4.69) is 15.0 Å². The van der Waals surface area contributed by atoms with E-state index in [0.29, 0.717) is 0 Å². The number of carbonyl (C=O) groups excluding carboxylic acids is 2. The van der Waals surface area contributed by atoms with Crippen LogP contribution in [-0.2, 0) is 4.74 Å². The van der Waals surface area contributed by atoms with E-state index in [1.54, 1.807) is 0 Å². The zero-order chi connectivity index (χ0) is 15.9. The van der Waals surface area contributed by atoms with Gasteiger partial charge in [-0.05, 0) is 12.5 Å². The van der Waals surface area contributed by atoms with Crippen LogP contribution in [-0.4, -0.2) is 57.8 Å². The number of aromatic nitrogens is 1. The lowest BCUT2D eigenvalue weighted by Gasteiger charge is -2.32. The fourth-order valence-electron chi connectivity index (χ4n) is 2.39. The maximum Gasteiger partial charge on any atom is 0.354 e. The molecule has 0 aromatic carbocycles. The standard InChI is InChI=1S/C12H15FN2O6/c1-3-4-6(14-5(3)12(20)21-2)11(19)15-7(8(4)16)9(17)10(13)18/h7-10,14,16-18H,1-2H3,(H,15,19). The number of fused-ring (bicyclic) bond motifs is 1. The van der Waals surface area contributed by atoms with E-state index in [1.807, 2.05) is 0 Å². The number of carbonyl (C=O) groups is 2. The van der Waals surface area contributed by atoms with E-state index in [1.165, 1.54) is 6.92 Å². The Morgan fingerprint density at radius 3 is 2.57 bits per heavy atom. The van der Waals surface area contributed by atoms with Gasteiger partial charge in [0.05, 0.1) is 13.2 Å². The lowest BCUT2D eigenvalue weighted by Crippen LogP contribution is -2.53. The van der Waals surface area contributed by atoms with E-state index >= 15 is 0 Å². The number of halogens is 1. The number of amides is 1. The molecule has 1 aliphatic heterocycles. The Labute approximate surface area is 118 Å². The fourth-order valence-corrected chi connectivity index (χ4v) is 2.39. The molecule has 4 atom stereocenters. The van der Waals surface area contributed by atoms with Gasteiger partial charge < -0.3 is 30.4 Å². The number of alkyl halides is 1. The van der Waals surface area contributed by atoms with E-state index in [4.69, 9.17) is 5.11 Å². The number of aromatic amines is 1. The van der Waals surface area contributed by atoms with Crippen LogP contribution in [0.4, 0.5) is 4.39 Å². The Bertz CT molecular complexity index is 585. The zero-order valence-corrected chi connectivity index (χ0v) is 11.3. The van der Waals surface area contributed by atoms with Gasteiger partial charge >= 0.3 is 5.97 Å². The number of hydrogen-bond donors (Lipinski definition) is 5. The fraction of sp³-hybridized carbons (Fsp3) is 0.500. The molecular weight excluding hydrogens is 287 g/mol. The SMILES string of the molecule is COC(=O)c1[nH]c2c(c1C)C(O)C(C(O)C(O)F)NC2=O. The molecule has 116 valence electrons. The predicted molar refractivity (Wildman–Crippen MR) is 66.2 cm³/mol. The van der Waals surface area contributed by atoms with Crippen molar-refractivity contribution in [1.29, 1.82) is 0 Å². The van der Waals surface area contributed by atoms with Crippen molar-refractivity contribution in [3.63, 3.8) is 0 Å². The van der Waals surface area contributed by atoms with Gasteiger partial charge in [0.25, 0.3) is 5.91 Å². The van der Waals surface area contributed by atoms with E-state index in [9.17, 15) is 24.2 Å². The largest absolute Gasteiger partial charge is 0.464 e. The predicted octanol–water partition coefficient (Wildman–Crippen LogP) is -1.10. The number of nitrogens with one attached hydrogen (secondary N) is 2. The molecule has 1 amide bonds. The highest BCUT2D eigenvalue weighted by Crippen LogP contribution is 2.33. The average molecular weight is 302 g/mol. The van der Waals surface area contributed by atoms with E-state index in [0.717, 1.165) is 7.11 Å². The second-order valence-corrected chi connectivity index (χ2v) is 4.71. The normalized spacial score (nSPS) is 24.0. The lowest BCUT2D eigenvalue weighted by atomic mass is 9.91. The number of aliphatic hydroxyl groups is 3. The summed E-state index contributed by atoms with van der Waals surface area (Å²) in [5.41, 5.74) is 0.221. The van der Waals surface area contributed by atoms with Crippen LogP contribution in [0.3, 0.4) is 0 Å². The lowest BCUT2D eigenvalue weighted by molar-refractivity contribution is -0.0982. The van der Waals surface area contributed by atoms with Crippen molar-refractivity contribution in [3.05, 3.63) is 22.5 Å². The molecule has 0 bridgehead atoms. The van der Waals surface area contributed by atoms with Crippen molar-refractivity contribution in [2.75, 3.05) is 7.11 Å². The molecule has 0 radical (unpaired) electrons. The summed E-state index contributed by atoms with van der Waals surface area (Å²) in [6.45, 7) is 1.47. The van der Waals surface area contributed by atoms with Crippen molar-refractivity contribution >= 4 is 11.9 Å². The topological polar surface area (TPSA) is 132 Å². The quantitative estimate of drug-likeness (QED) is 0.450. The number of H-pyrrole nitrogens is 1. The minimum atomic E-state index is -2.63. The number of esters is 1. The van der Waals surface area contributed by atoms with Gasteiger partial charge in [0.2, 0.25) is 6.36 Å². The number of rotatable bonds is 3. The number of hydrogen-bond acceptors (Lipinski definition) is 6. The first kappa shape index (κ1) is 15.4. The highest BCUT2D eigenvalue weighted by atomic mass is 19.1. The molecule has 1 aliphatic rings. The van der Waals surface area contributed by atoms with Crippen molar-refractivity contribution in [2.24, 2.45) is 0 Å². The van der Waals surface area contributed by atoms with Gasteiger partial charge in [-0.1, -0.05) is 0 Å². The maximum absolute atomic E-state index is 12.8. The van der Waals surface area contributed by atoms with Crippen LogP contribution in [0.2, 0.25) is 0 Å². The number of methoxy groups -OCH3 is 1. The minimum absolute atomic E-state index is 0.0207. The van der Waals surface area contributed by atoms with Crippen molar-refractivity contribution in [2.45, 2.75) is 31.5 Å². The molecule has 0 fully saturated rings. The molecule has 9 heteroatoms. The monoisotopic (exact) mass is 302 g/mol. The van der Waals surface area contributed by atoms with Crippen LogP contribution in [0.5, 0.6) is 0 Å². The summed E-state index contributed by atoms with van der Waals surface area (Å²) in [4.78, 5) is 26.0. The Kier molecular flexibility index (Phi) is 3.99. The summed E-state index contributed by atoms with van der Waals surface area (Å²) in [7, 11) is 1.16. The van der Waals surface area contributed by atoms with Crippen LogP contribution in [0.15, 0.2) is 0 Å². The third-order valence-electron chi connectivity index (χ3n) is 3.50. The summed E-state index contributed by atoms with van der Waals surface area (Å²) in [6.07, 6.45) is -6.13. The Morgan fingerprint density at radius 2 is 2.05 bits per heavy atom. The third-order valence-corrected chi connectivity index (χ3v) is 3.50. The van der Waals surface area contributed by atoms with Crippen LogP contribution in [0, 0.1) is 6.92 Å². The summed E-state index contributed by atoms with van der Waals surface area (Å²) in [5.74, 6) is -1.47. The zero-order valence-electron chi connectivity index (χ0n) is 11.3. The molecule has 5 N–H and O–H groups in total. The second-order valence-electron chi connectivity index (χ2n) is 4.71. The molecular formula is C12H15FN2O6.